The second-order valence-corrected chi connectivity index (χ2v) is 7.83. The van der Waals surface area contributed by atoms with E-state index in [4.69, 9.17) is 16.7 Å². The van der Waals surface area contributed by atoms with Crippen LogP contribution in [0.5, 0.6) is 0 Å². The molecule has 0 unspecified atom stereocenters. The molecule has 1 amide bonds. The summed E-state index contributed by atoms with van der Waals surface area (Å²) in [6, 6.07) is 14.9. The number of hydrogen-bond donors (Lipinski definition) is 2. The number of carbonyl (C=O) groups excluding carboxylic acids is 1. The first-order chi connectivity index (χ1) is 14.0. The van der Waals surface area contributed by atoms with E-state index in [2.05, 4.69) is 9.98 Å². The maximum atomic E-state index is 12.8. The highest BCUT2D eigenvalue weighted by Crippen LogP contribution is 2.33. The number of thioether (sulfide) groups is 1. The normalized spacial score (nSPS) is 17.0. The van der Waals surface area contributed by atoms with Gasteiger partial charge in [0.1, 0.15) is 0 Å². The standard InChI is InChI=1S/C21H16ClN3O3S/c22-14-6-7-17-16(10-14)13(12-23-17)8-9-25-20(28)18(11-19(26)27)29-21(25)24-15-4-2-1-3-5-15/h1-7,10-12,23H,8-9H2,(H,26,27)/b18-11+,24-21?. The predicted octanol–water partition coefficient (Wildman–Crippen LogP) is 4.60. The molecule has 3 aromatic rings. The van der Waals surface area contributed by atoms with E-state index < -0.39 is 5.97 Å². The van der Waals surface area contributed by atoms with Gasteiger partial charge in [-0.25, -0.2) is 9.79 Å². The number of amidine groups is 1. The highest BCUT2D eigenvalue weighted by atomic mass is 35.5. The molecule has 6 nitrogen and oxygen atoms in total. The van der Waals surface area contributed by atoms with Gasteiger partial charge in [-0.05, 0) is 54.1 Å². The summed E-state index contributed by atoms with van der Waals surface area (Å²) in [6.07, 6.45) is 3.40. The van der Waals surface area contributed by atoms with E-state index in [0.717, 1.165) is 34.3 Å². The van der Waals surface area contributed by atoms with Gasteiger partial charge in [0.05, 0.1) is 10.6 Å². The SMILES string of the molecule is O=C(O)/C=C1/SC(=Nc2ccccc2)N(CCc2c[nH]c3ccc(Cl)cc23)C1=O. The number of aromatic nitrogens is 1. The molecule has 8 heteroatoms. The van der Waals surface area contributed by atoms with Crippen molar-refractivity contribution in [2.75, 3.05) is 6.54 Å². The van der Waals surface area contributed by atoms with Gasteiger partial charge in [-0.15, -0.1) is 0 Å². The van der Waals surface area contributed by atoms with E-state index in [9.17, 15) is 9.59 Å². The van der Waals surface area contributed by atoms with Crippen molar-refractivity contribution in [1.82, 2.24) is 9.88 Å². The maximum absolute atomic E-state index is 12.8. The van der Waals surface area contributed by atoms with Gasteiger partial charge in [0.2, 0.25) is 0 Å². The lowest BCUT2D eigenvalue weighted by atomic mass is 10.1. The van der Waals surface area contributed by atoms with Crippen molar-refractivity contribution in [2.24, 2.45) is 4.99 Å². The number of aliphatic imine (C=N–C) groups is 1. The number of fused-ring (bicyclic) bond motifs is 1. The number of amides is 1. The summed E-state index contributed by atoms with van der Waals surface area (Å²) in [4.78, 5) is 33.3. The van der Waals surface area contributed by atoms with Crippen molar-refractivity contribution in [3.05, 3.63) is 76.3 Å². The van der Waals surface area contributed by atoms with Crippen molar-refractivity contribution in [3.63, 3.8) is 0 Å². The summed E-state index contributed by atoms with van der Waals surface area (Å²) >= 11 is 7.19. The molecule has 29 heavy (non-hydrogen) atoms. The van der Waals surface area contributed by atoms with Gasteiger partial charge in [-0.3, -0.25) is 9.69 Å². The summed E-state index contributed by atoms with van der Waals surface area (Å²) in [5.74, 6) is -1.52. The number of carboxylic acid groups (broad SMARTS) is 1. The lowest BCUT2D eigenvalue weighted by Gasteiger charge is -2.15. The third kappa shape index (κ3) is 4.21. The Morgan fingerprint density at radius 1 is 1.24 bits per heavy atom. The maximum Gasteiger partial charge on any atom is 0.329 e. The Morgan fingerprint density at radius 3 is 2.79 bits per heavy atom. The molecule has 0 radical (unpaired) electrons. The molecular weight excluding hydrogens is 410 g/mol. The van der Waals surface area contributed by atoms with Gasteiger partial charge in [0, 0.05) is 34.7 Å². The van der Waals surface area contributed by atoms with Crippen LogP contribution in [0.4, 0.5) is 5.69 Å². The van der Waals surface area contributed by atoms with Crippen molar-refractivity contribution in [2.45, 2.75) is 6.42 Å². The molecule has 1 saturated heterocycles. The van der Waals surface area contributed by atoms with Crippen LogP contribution in [0.1, 0.15) is 5.56 Å². The van der Waals surface area contributed by atoms with Crippen LogP contribution in [-0.4, -0.2) is 38.6 Å². The number of halogens is 1. The molecule has 0 saturated carbocycles. The summed E-state index contributed by atoms with van der Waals surface area (Å²) < 4.78 is 0. The first kappa shape index (κ1) is 19.3. The van der Waals surface area contributed by atoms with Crippen LogP contribution < -0.4 is 0 Å². The number of benzene rings is 2. The van der Waals surface area contributed by atoms with Gasteiger partial charge in [-0.1, -0.05) is 29.8 Å². The summed E-state index contributed by atoms with van der Waals surface area (Å²) in [5, 5.41) is 11.2. The molecule has 1 aliphatic rings. The molecule has 0 bridgehead atoms. The number of carboxylic acids is 1. The zero-order valence-electron chi connectivity index (χ0n) is 15.1. The number of nitrogens with one attached hydrogen (secondary N) is 1. The number of aliphatic carboxylic acids is 1. The molecule has 0 spiro atoms. The molecule has 1 aliphatic heterocycles. The average molecular weight is 426 g/mol. The minimum absolute atomic E-state index is 0.147. The monoisotopic (exact) mass is 425 g/mol. The smallest absolute Gasteiger partial charge is 0.329 e. The number of nitrogens with zero attached hydrogens (tertiary/aromatic N) is 2. The Morgan fingerprint density at radius 2 is 2.03 bits per heavy atom. The molecule has 0 atom stereocenters. The largest absolute Gasteiger partial charge is 0.478 e. The quantitative estimate of drug-likeness (QED) is 0.585. The molecule has 0 aliphatic carbocycles. The molecular formula is C21H16ClN3O3S. The number of H-pyrrole nitrogens is 1. The first-order valence-electron chi connectivity index (χ1n) is 8.85. The van der Waals surface area contributed by atoms with Crippen molar-refractivity contribution < 1.29 is 14.7 Å². The second-order valence-electron chi connectivity index (χ2n) is 6.39. The fourth-order valence-corrected chi connectivity index (χ4v) is 4.26. The second kappa shape index (κ2) is 8.14. The molecule has 4 rings (SSSR count). The van der Waals surface area contributed by atoms with E-state index in [0.29, 0.717) is 28.8 Å². The predicted molar refractivity (Wildman–Crippen MR) is 116 cm³/mol. The lowest BCUT2D eigenvalue weighted by molar-refractivity contribution is -0.132. The van der Waals surface area contributed by atoms with Crippen LogP contribution >= 0.6 is 23.4 Å². The zero-order valence-corrected chi connectivity index (χ0v) is 16.7. The first-order valence-corrected chi connectivity index (χ1v) is 10.0. The van der Waals surface area contributed by atoms with E-state index in [1.54, 1.807) is 0 Å². The van der Waals surface area contributed by atoms with Crippen LogP contribution in [0.3, 0.4) is 0 Å². The topological polar surface area (TPSA) is 85.8 Å². The van der Waals surface area contributed by atoms with Gasteiger partial charge >= 0.3 is 5.97 Å². The Kier molecular flexibility index (Phi) is 5.42. The number of aromatic amines is 1. The van der Waals surface area contributed by atoms with Gasteiger partial charge in [-0.2, -0.15) is 0 Å². The van der Waals surface area contributed by atoms with Crippen LogP contribution in [0.2, 0.25) is 5.02 Å². The highest BCUT2D eigenvalue weighted by Gasteiger charge is 2.33. The number of carbonyl (C=O) groups is 2. The molecule has 2 aromatic carbocycles. The number of rotatable bonds is 5. The fraction of sp³-hybridized carbons (Fsp3) is 0.0952. The molecule has 1 fully saturated rings. The third-order valence-corrected chi connectivity index (χ3v) is 5.70. The Bertz CT molecular complexity index is 1150. The van der Waals surface area contributed by atoms with E-state index in [1.165, 1.54) is 4.90 Å². The molecule has 2 heterocycles. The fourth-order valence-electron chi connectivity index (χ4n) is 3.10. The Hall–Kier alpha value is -3.03. The molecule has 2 N–H and O–H groups in total. The van der Waals surface area contributed by atoms with Crippen molar-refractivity contribution in [1.29, 1.82) is 0 Å². The number of hydrogen-bond acceptors (Lipinski definition) is 4. The third-order valence-electron chi connectivity index (χ3n) is 4.46. The number of para-hydroxylation sites is 1. The summed E-state index contributed by atoms with van der Waals surface area (Å²) in [5.41, 5.74) is 2.69. The van der Waals surface area contributed by atoms with Crippen LogP contribution in [0.25, 0.3) is 10.9 Å². The Balaban J connectivity index is 1.63. The molecule has 146 valence electrons. The van der Waals surface area contributed by atoms with Gasteiger partial charge < -0.3 is 10.1 Å². The molecule has 1 aromatic heterocycles. The van der Waals surface area contributed by atoms with Crippen LogP contribution in [0.15, 0.2) is 70.7 Å². The Labute approximate surface area is 175 Å². The van der Waals surface area contributed by atoms with Gasteiger partial charge in [0.25, 0.3) is 5.91 Å². The minimum atomic E-state index is -1.16. The van der Waals surface area contributed by atoms with Crippen molar-refractivity contribution in [3.8, 4) is 0 Å². The van der Waals surface area contributed by atoms with E-state index in [-0.39, 0.29) is 10.8 Å². The minimum Gasteiger partial charge on any atom is -0.478 e. The zero-order chi connectivity index (χ0) is 20.4. The average Bonchev–Trinajstić information content (AvgIpc) is 3.21. The van der Waals surface area contributed by atoms with E-state index in [1.807, 2.05) is 54.7 Å². The van der Waals surface area contributed by atoms with E-state index >= 15 is 0 Å². The van der Waals surface area contributed by atoms with Crippen LogP contribution in [-0.2, 0) is 16.0 Å². The highest BCUT2D eigenvalue weighted by molar-refractivity contribution is 8.18. The summed E-state index contributed by atoms with van der Waals surface area (Å²) in [7, 11) is 0. The van der Waals surface area contributed by atoms with Crippen molar-refractivity contribution >= 4 is 57.0 Å². The lowest BCUT2D eigenvalue weighted by Crippen LogP contribution is -2.31. The van der Waals surface area contributed by atoms with Gasteiger partial charge in [0.15, 0.2) is 5.17 Å². The van der Waals surface area contributed by atoms with Crippen LogP contribution in [0, 0.1) is 0 Å². The summed E-state index contributed by atoms with van der Waals surface area (Å²) in [6.45, 7) is 0.369.